The van der Waals surface area contributed by atoms with Gasteiger partial charge in [0.15, 0.2) is 0 Å². The van der Waals surface area contributed by atoms with Crippen molar-refractivity contribution in [2.45, 2.75) is 13.8 Å². The molecule has 0 aliphatic rings. The van der Waals surface area contributed by atoms with Crippen LogP contribution in [0.2, 0.25) is 0 Å². The summed E-state index contributed by atoms with van der Waals surface area (Å²) in [6.07, 6.45) is 0. The standard InChI is InChI=1S/C18H15N3O/c1-11-17(13-7-3-5-9-15(13)19-11)21-12(2)20-16-10-6-4-8-14(16)18(21)22/h3-10,19H,1-2H3. The molecular formula is C18H15N3O. The highest BCUT2D eigenvalue weighted by molar-refractivity contribution is 5.90. The lowest BCUT2D eigenvalue weighted by Gasteiger charge is -2.11. The van der Waals surface area contributed by atoms with Crippen LogP contribution in [-0.4, -0.2) is 14.5 Å². The van der Waals surface area contributed by atoms with E-state index in [0.29, 0.717) is 11.2 Å². The number of fused-ring (bicyclic) bond motifs is 2. The lowest BCUT2D eigenvalue weighted by molar-refractivity contribution is 0.892. The topological polar surface area (TPSA) is 50.7 Å². The normalized spacial score (nSPS) is 11.4. The Hall–Kier alpha value is -2.88. The second kappa shape index (κ2) is 4.56. The minimum absolute atomic E-state index is 0.0315. The molecule has 0 aliphatic heterocycles. The van der Waals surface area contributed by atoms with Gasteiger partial charge in [0.25, 0.3) is 5.56 Å². The molecule has 4 nitrogen and oxygen atoms in total. The van der Waals surface area contributed by atoms with Crippen LogP contribution in [0.1, 0.15) is 11.5 Å². The van der Waals surface area contributed by atoms with Gasteiger partial charge < -0.3 is 4.98 Å². The largest absolute Gasteiger partial charge is 0.357 e. The number of nitrogens with zero attached hydrogens (tertiary/aromatic N) is 2. The van der Waals surface area contributed by atoms with Crippen molar-refractivity contribution in [3.63, 3.8) is 0 Å². The second-order valence-electron chi connectivity index (χ2n) is 5.46. The van der Waals surface area contributed by atoms with Gasteiger partial charge in [-0.1, -0.05) is 30.3 Å². The summed E-state index contributed by atoms with van der Waals surface area (Å²) in [5.41, 5.74) is 3.57. The molecule has 108 valence electrons. The zero-order valence-electron chi connectivity index (χ0n) is 12.4. The third-order valence-corrected chi connectivity index (χ3v) is 4.03. The number of hydrogen-bond acceptors (Lipinski definition) is 2. The molecule has 0 fully saturated rings. The molecule has 1 N–H and O–H groups in total. The minimum atomic E-state index is -0.0315. The smallest absolute Gasteiger partial charge is 0.266 e. The molecule has 2 aromatic carbocycles. The summed E-state index contributed by atoms with van der Waals surface area (Å²) in [6, 6.07) is 15.5. The Morgan fingerprint density at radius 1 is 0.955 bits per heavy atom. The first kappa shape index (κ1) is 12.8. The second-order valence-corrected chi connectivity index (χ2v) is 5.46. The summed E-state index contributed by atoms with van der Waals surface area (Å²) in [4.78, 5) is 20.9. The van der Waals surface area contributed by atoms with Crippen LogP contribution in [0.25, 0.3) is 27.5 Å². The van der Waals surface area contributed by atoms with Gasteiger partial charge >= 0.3 is 0 Å². The number of aryl methyl sites for hydroxylation is 2. The number of benzene rings is 2. The summed E-state index contributed by atoms with van der Waals surface area (Å²) >= 11 is 0. The van der Waals surface area contributed by atoms with E-state index in [1.807, 2.05) is 62.4 Å². The minimum Gasteiger partial charge on any atom is -0.357 e. The molecule has 0 amide bonds. The molecular weight excluding hydrogens is 274 g/mol. The molecule has 0 bridgehead atoms. The Bertz CT molecular complexity index is 1070. The van der Waals surface area contributed by atoms with Gasteiger partial charge in [0.2, 0.25) is 0 Å². The molecule has 4 aromatic rings. The maximum Gasteiger partial charge on any atom is 0.266 e. The molecule has 0 radical (unpaired) electrons. The molecule has 0 saturated carbocycles. The van der Waals surface area contributed by atoms with Gasteiger partial charge in [-0.15, -0.1) is 0 Å². The Balaban J connectivity index is 2.17. The van der Waals surface area contributed by atoms with Crippen LogP contribution < -0.4 is 5.56 Å². The van der Waals surface area contributed by atoms with E-state index in [0.717, 1.165) is 27.8 Å². The van der Waals surface area contributed by atoms with Crippen LogP contribution in [0.4, 0.5) is 0 Å². The Morgan fingerprint density at radius 3 is 2.45 bits per heavy atom. The average molecular weight is 289 g/mol. The first-order valence-corrected chi connectivity index (χ1v) is 7.23. The number of nitrogens with one attached hydrogen (secondary N) is 1. The van der Waals surface area contributed by atoms with E-state index in [4.69, 9.17) is 0 Å². The number of aromatic nitrogens is 3. The van der Waals surface area contributed by atoms with Crippen molar-refractivity contribution in [2.75, 3.05) is 0 Å². The number of H-pyrrole nitrogens is 1. The van der Waals surface area contributed by atoms with Gasteiger partial charge in [0.1, 0.15) is 5.82 Å². The first-order chi connectivity index (χ1) is 10.7. The fourth-order valence-corrected chi connectivity index (χ4v) is 3.06. The van der Waals surface area contributed by atoms with Gasteiger partial charge in [-0.25, -0.2) is 4.98 Å². The summed E-state index contributed by atoms with van der Waals surface area (Å²) in [6.45, 7) is 3.85. The molecule has 22 heavy (non-hydrogen) atoms. The summed E-state index contributed by atoms with van der Waals surface area (Å²) in [7, 11) is 0. The summed E-state index contributed by atoms with van der Waals surface area (Å²) in [5.74, 6) is 0.691. The van der Waals surface area contributed by atoms with E-state index in [-0.39, 0.29) is 5.56 Å². The molecule has 0 saturated heterocycles. The SMILES string of the molecule is Cc1[nH]c2ccccc2c1-n1c(C)nc2ccccc2c1=O. The highest BCUT2D eigenvalue weighted by Gasteiger charge is 2.15. The van der Waals surface area contributed by atoms with E-state index < -0.39 is 0 Å². The van der Waals surface area contributed by atoms with Crippen molar-refractivity contribution < 1.29 is 0 Å². The highest BCUT2D eigenvalue weighted by atomic mass is 16.1. The third kappa shape index (κ3) is 1.70. The zero-order valence-corrected chi connectivity index (χ0v) is 12.4. The van der Waals surface area contributed by atoms with Gasteiger partial charge in [0.05, 0.1) is 16.6 Å². The van der Waals surface area contributed by atoms with E-state index in [1.54, 1.807) is 4.57 Å². The lowest BCUT2D eigenvalue weighted by atomic mass is 10.2. The van der Waals surface area contributed by atoms with Crippen LogP contribution in [0.15, 0.2) is 53.3 Å². The molecule has 0 spiro atoms. The van der Waals surface area contributed by atoms with Crippen LogP contribution in [0, 0.1) is 13.8 Å². The van der Waals surface area contributed by atoms with E-state index in [2.05, 4.69) is 9.97 Å². The maximum atomic E-state index is 13.0. The molecule has 4 rings (SSSR count). The quantitative estimate of drug-likeness (QED) is 0.583. The van der Waals surface area contributed by atoms with Crippen LogP contribution >= 0.6 is 0 Å². The maximum absolute atomic E-state index is 13.0. The van der Waals surface area contributed by atoms with Crippen LogP contribution in [0.5, 0.6) is 0 Å². The van der Waals surface area contributed by atoms with Gasteiger partial charge in [0, 0.05) is 16.6 Å². The fraction of sp³-hybridized carbons (Fsp3) is 0.111. The lowest BCUT2D eigenvalue weighted by Crippen LogP contribution is -2.22. The fourth-order valence-electron chi connectivity index (χ4n) is 3.06. The predicted molar refractivity (Wildman–Crippen MR) is 88.7 cm³/mol. The number of para-hydroxylation sites is 2. The van der Waals surface area contributed by atoms with Crippen molar-refractivity contribution in [3.8, 4) is 5.69 Å². The Labute approximate surface area is 127 Å². The van der Waals surface area contributed by atoms with Crippen molar-refractivity contribution in [1.29, 1.82) is 0 Å². The number of aromatic amines is 1. The van der Waals surface area contributed by atoms with Gasteiger partial charge in [-0.2, -0.15) is 0 Å². The average Bonchev–Trinajstić information content (AvgIpc) is 2.84. The monoisotopic (exact) mass is 289 g/mol. The zero-order chi connectivity index (χ0) is 15.3. The Kier molecular flexibility index (Phi) is 2.66. The molecule has 2 aromatic heterocycles. The van der Waals surface area contributed by atoms with Gasteiger partial charge in [-0.3, -0.25) is 9.36 Å². The van der Waals surface area contributed by atoms with Crippen molar-refractivity contribution in [1.82, 2.24) is 14.5 Å². The highest BCUT2D eigenvalue weighted by Crippen LogP contribution is 2.25. The van der Waals surface area contributed by atoms with E-state index in [1.165, 1.54) is 0 Å². The number of hydrogen-bond donors (Lipinski definition) is 1. The summed E-state index contributed by atoms with van der Waals surface area (Å²) < 4.78 is 1.70. The Morgan fingerprint density at radius 2 is 1.64 bits per heavy atom. The van der Waals surface area contributed by atoms with Gasteiger partial charge in [-0.05, 0) is 32.0 Å². The first-order valence-electron chi connectivity index (χ1n) is 7.23. The molecule has 0 atom stereocenters. The molecule has 2 heterocycles. The summed E-state index contributed by atoms with van der Waals surface area (Å²) in [5, 5.41) is 1.67. The molecule has 0 aliphatic carbocycles. The van der Waals surface area contributed by atoms with E-state index >= 15 is 0 Å². The van der Waals surface area contributed by atoms with Crippen molar-refractivity contribution in [2.24, 2.45) is 0 Å². The molecule has 4 heteroatoms. The predicted octanol–water partition coefficient (Wildman–Crippen LogP) is 3.48. The van der Waals surface area contributed by atoms with Crippen LogP contribution in [-0.2, 0) is 0 Å². The van der Waals surface area contributed by atoms with Crippen LogP contribution in [0.3, 0.4) is 0 Å². The number of rotatable bonds is 1. The third-order valence-electron chi connectivity index (χ3n) is 4.03. The van der Waals surface area contributed by atoms with Crippen molar-refractivity contribution >= 4 is 21.8 Å². The van der Waals surface area contributed by atoms with E-state index in [9.17, 15) is 4.79 Å². The molecule has 0 unspecified atom stereocenters. The van der Waals surface area contributed by atoms with Crippen molar-refractivity contribution in [3.05, 3.63) is 70.4 Å².